The third-order valence-corrected chi connectivity index (χ3v) is 4.55. The molecule has 4 N–H and O–H groups in total. The number of rotatable bonds is 6. The Kier molecular flexibility index (Phi) is 5.14. The van der Waals surface area contributed by atoms with Gasteiger partial charge >= 0.3 is 0 Å². The van der Waals surface area contributed by atoms with Gasteiger partial charge in [-0.3, -0.25) is 9.89 Å². The molecule has 0 fully saturated rings. The second-order valence-electron chi connectivity index (χ2n) is 6.30. The molecule has 130 valence electrons. The highest BCUT2D eigenvalue weighted by Crippen LogP contribution is 2.25. The molecule has 3 aromatic rings. The first-order valence-corrected chi connectivity index (χ1v) is 8.67. The number of hydrogen-bond acceptors (Lipinski definition) is 3. The minimum atomic E-state index is -0.252. The van der Waals surface area contributed by atoms with Gasteiger partial charge in [-0.1, -0.05) is 31.2 Å². The SMILES string of the molecule is CCc1cccc(C(CCN)C(=O)Nc2ccc3n[nH]c(C)c3c2)c1. The summed E-state index contributed by atoms with van der Waals surface area (Å²) in [6.45, 7) is 4.54. The lowest BCUT2D eigenvalue weighted by atomic mass is 9.93. The van der Waals surface area contributed by atoms with Crippen molar-refractivity contribution in [3.05, 3.63) is 59.3 Å². The molecule has 0 saturated carbocycles. The van der Waals surface area contributed by atoms with E-state index in [1.807, 2.05) is 37.3 Å². The number of nitrogens with one attached hydrogen (secondary N) is 2. The van der Waals surface area contributed by atoms with Gasteiger partial charge in [-0.25, -0.2) is 0 Å². The molecule has 0 aliphatic carbocycles. The first kappa shape index (κ1) is 17.2. The van der Waals surface area contributed by atoms with Crippen LogP contribution >= 0.6 is 0 Å². The van der Waals surface area contributed by atoms with Crippen LogP contribution in [-0.4, -0.2) is 22.6 Å². The van der Waals surface area contributed by atoms with Crippen LogP contribution < -0.4 is 11.1 Å². The number of amides is 1. The van der Waals surface area contributed by atoms with Gasteiger partial charge in [-0.15, -0.1) is 0 Å². The number of aryl methyl sites for hydroxylation is 2. The maximum atomic E-state index is 12.9. The van der Waals surface area contributed by atoms with Crippen LogP contribution in [0.4, 0.5) is 5.69 Å². The number of nitrogens with zero attached hydrogens (tertiary/aromatic N) is 1. The van der Waals surface area contributed by atoms with Gasteiger partial charge in [0, 0.05) is 16.8 Å². The van der Waals surface area contributed by atoms with Gasteiger partial charge in [0.2, 0.25) is 5.91 Å². The molecular weight excluding hydrogens is 312 g/mol. The predicted octanol–water partition coefficient (Wildman–Crippen LogP) is 3.50. The van der Waals surface area contributed by atoms with Crippen molar-refractivity contribution in [1.29, 1.82) is 0 Å². The normalized spacial score (nSPS) is 12.3. The molecule has 2 aromatic carbocycles. The summed E-state index contributed by atoms with van der Waals surface area (Å²) in [4.78, 5) is 12.9. The summed E-state index contributed by atoms with van der Waals surface area (Å²) < 4.78 is 0. The second-order valence-corrected chi connectivity index (χ2v) is 6.30. The van der Waals surface area contributed by atoms with Crippen molar-refractivity contribution in [2.45, 2.75) is 32.6 Å². The van der Waals surface area contributed by atoms with Crippen LogP contribution in [0.15, 0.2) is 42.5 Å². The second kappa shape index (κ2) is 7.49. The van der Waals surface area contributed by atoms with Gasteiger partial charge < -0.3 is 11.1 Å². The van der Waals surface area contributed by atoms with E-state index < -0.39 is 0 Å². The van der Waals surface area contributed by atoms with Crippen LogP contribution in [0.25, 0.3) is 10.9 Å². The highest BCUT2D eigenvalue weighted by Gasteiger charge is 2.20. The summed E-state index contributed by atoms with van der Waals surface area (Å²) in [5.41, 5.74) is 10.7. The van der Waals surface area contributed by atoms with Crippen LogP contribution in [-0.2, 0) is 11.2 Å². The average Bonchev–Trinajstić information content (AvgIpc) is 3.00. The molecule has 0 spiro atoms. The number of benzene rings is 2. The molecule has 1 aromatic heterocycles. The van der Waals surface area contributed by atoms with E-state index in [4.69, 9.17) is 5.73 Å². The van der Waals surface area contributed by atoms with Gasteiger partial charge in [0.25, 0.3) is 0 Å². The maximum Gasteiger partial charge on any atom is 0.231 e. The van der Waals surface area contributed by atoms with Crippen molar-refractivity contribution in [1.82, 2.24) is 10.2 Å². The summed E-state index contributed by atoms with van der Waals surface area (Å²) in [6, 6.07) is 13.9. The highest BCUT2D eigenvalue weighted by atomic mass is 16.1. The van der Waals surface area contributed by atoms with Crippen LogP contribution in [0.2, 0.25) is 0 Å². The third kappa shape index (κ3) is 3.72. The minimum Gasteiger partial charge on any atom is -0.330 e. The van der Waals surface area contributed by atoms with Crippen LogP contribution in [0.3, 0.4) is 0 Å². The summed E-state index contributed by atoms with van der Waals surface area (Å²) >= 11 is 0. The van der Waals surface area contributed by atoms with Crippen molar-refractivity contribution in [3.63, 3.8) is 0 Å². The number of H-pyrrole nitrogens is 1. The fourth-order valence-corrected chi connectivity index (χ4v) is 3.09. The largest absolute Gasteiger partial charge is 0.330 e. The van der Waals surface area contributed by atoms with Crippen molar-refractivity contribution < 1.29 is 4.79 Å². The summed E-state index contributed by atoms with van der Waals surface area (Å²) in [5, 5.41) is 11.2. The molecule has 0 saturated heterocycles. The van der Waals surface area contributed by atoms with Crippen LogP contribution in [0.1, 0.15) is 36.1 Å². The standard InChI is InChI=1S/C20H24N4O/c1-3-14-5-4-6-15(11-14)17(9-10-21)20(25)22-16-7-8-19-18(12-16)13(2)23-24-19/h4-8,11-12,17H,3,9-10,21H2,1-2H3,(H,22,25)(H,23,24). The Morgan fingerprint density at radius 2 is 2.12 bits per heavy atom. The Morgan fingerprint density at radius 1 is 1.28 bits per heavy atom. The maximum absolute atomic E-state index is 12.9. The smallest absolute Gasteiger partial charge is 0.231 e. The predicted molar refractivity (Wildman–Crippen MR) is 102 cm³/mol. The lowest BCUT2D eigenvalue weighted by Gasteiger charge is -2.17. The van der Waals surface area contributed by atoms with Gasteiger partial charge in [-0.2, -0.15) is 5.10 Å². The highest BCUT2D eigenvalue weighted by molar-refractivity contribution is 5.98. The van der Waals surface area contributed by atoms with Crippen LogP contribution in [0, 0.1) is 6.92 Å². The molecule has 1 atom stereocenters. The van der Waals surface area contributed by atoms with E-state index in [-0.39, 0.29) is 11.8 Å². The monoisotopic (exact) mass is 336 g/mol. The van der Waals surface area contributed by atoms with Gasteiger partial charge in [0.05, 0.1) is 11.4 Å². The fraction of sp³-hybridized carbons (Fsp3) is 0.300. The zero-order valence-corrected chi connectivity index (χ0v) is 14.7. The van der Waals surface area contributed by atoms with Crippen molar-refractivity contribution in [2.75, 3.05) is 11.9 Å². The summed E-state index contributed by atoms with van der Waals surface area (Å²) in [7, 11) is 0. The molecule has 1 heterocycles. The lowest BCUT2D eigenvalue weighted by Crippen LogP contribution is -2.23. The lowest BCUT2D eigenvalue weighted by molar-refractivity contribution is -0.117. The zero-order chi connectivity index (χ0) is 17.8. The quantitative estimate of drug-likeness (QED) is 0.644. The molecule has 0 radical (unpaired) electrons. The fourth-order valence-electron chi connectivity index (χ4n) is 3.09. The van der Waals surface area contributed by atoms with Gasteiger partial charge in [0.1, 0.15) is 0 Å². The number of anilines is 1. The zero-order valence-electron chi connectivity index (χ0n) is 14.7. The van der Waals surface area contributed by atoms with E-state index in [1.54, 1.807) is 0 Å². The Bertz CT molecular complexity index is 884. The van der Waals surface area contributed by atoms with E-state index >= 15 is 0 Å². The number of nitrogens with two attached hydrogens (primary N) is 1. The molecule has 3 rings (SSSR count). The molecular formula is C20H24N4O. The van der Waals surface area contributed by atoms with Crippen molar-refractivity contribution in [3.8, 4) is 0 Å². The van der Waals surface area contributed by atoms with E-state index in [0.29, 0.717) is 13.0 Å². The first-order valence-electron chi connectivity index (χ1n) is 8.67. The molecule has 1 amide bonds. The average molecular weight is 336 g/mol. The molecule has 1 unspecified atom stereocenters. The van der Waals surface area contributed by atoms with Crippen molar-refractivity contribution >= 4 is 22.5 Å². The number of fused-ring (bicyclic) bond motifs is 1. The Balaban J connectivity index is 1.85. The van der Waals surface area contributed by atoms with Gasteiger partial charge in [-0.05, 0) is 55.6 Å². The molecule has 0 aliphatic heterocycles. The first-order chi connectivity index (χ1) is 12.1. The summed E-state index contributed by atoms with van der Waals surface area (Å²) in [6.07, 6.45) is 1.56. The van der Waals surface area contributed by atoms with E-state index in [9.17, 15) is 4.79 Å². The third-order valence-electron chi connectivity index (χ3n) is 4.55. The van der Waals surface area contributed by atoms with Crippen LogP contribution in [0.5, 0.6) is 0 Å². The molecule has 0 bridgehead atoms. The number of carbonyl (C=O) groups excluding carboxylic acids is 1. The summed E-state index contributed by atoms with van der Waals surface area (Å²) in [5.74, 6) is -0.281. The Morgan fingerprint density at radius 3 is 2.88 bits per heavy atom. The van der Waals surface area contributed by atoms with Gasteiger partial charge in [0.15, 0.2) is 0 Å². The number of carbonyl (C=O) groups is 1. The number of hydrogen-bond donors (Lipinski definition) is 3. The number of aromatic amines is 1. The van der Waals surface area contributed by atoms with Crippen molar-refractivity contribution in [2.24, 2.45) is 5.73 Å². The molecule has 5 nitrogen and oxygen atoms in total. The molecule has 25 heavy (non-hydrogen) atoms. The Hall–Kier alpha value is -2.66. The Labute approximate surface area is 147 Å². The van der Waals surface area contributed by atoms with E-state index in [1.165, 1.54) is 5.56 Å². The number of aromatic nitrogens is 2. The molecule has 0 aliphatic rings. The molecule has 5 heteroatoms. The van der Waals surface area contributed by atoms with E-state index in [2.05, 4.69) is 34.6 Å². The van der Waals surface area contributed by atoms with E-state index in [0.717, 1.165) is 34.3 Å². The topological polar surface area (TPSA) is 83.8 Å². The minimum absolute atomic E-state index is 0.0285.